The molecule has 6 rings (SSSR count). The van der Waals surface area contributed by atoms with Crippen LogP contribution in [0.4, 0.5) is 13.2 Å². The van der Waals surface area contributed by atoms with Crippen LogP contribution in [0.1, 0.15) is 39.4 Å². The predicted octanol–water partition coefficient (Wildman–Crippen LogP) is 2.88. The second-order valence-electron chi connectivity index (χ2n) is 8.06. The number of hydrogen-bond acceptors (Lipinski definition) is 7. The van der Waals surface area contributed by atoms with Gasteiger partial charge in [0.25, 0.3) is 5.89 Å². The zero-order chi connectivity index (χ0) is 24.3. The number of nitrogens with one attached hydrogen (secondary N) is 1. The van der Waals surface area contributed by atoms with Crippen LogP contribution in [-0.4, -0.2) is 56.9 Å². The smallest absolute Gasteiger partial charge is 0.412 e. The maximum atomic E-state index is 13.5. The van der Waals surface area contributed by atoms with Gasteiger partial charge in [-0.05, 0) is 24.6 Å². The number of halogens is 3. The summed E-state index contributed by atoms with van der Waals surface area (Å²) in [7, 11) is 0. The van der Waals surface area contributed by atoms with E-state index in [2.05, 4.69) is 30.4 Å². The van der Waals surface area contributed by atoms with Gasteiger partial charge in [-0.2, -0.15) is 14.9 Å². The summed E-state index contributed by atoms with van der Waals surface area (Å²) < 4.78 is 45.6. The molecule has 5 aromatic rings. The molecule has 1 aliphatic rings. The normalized spacial score (nSPS) is 16.1. The van der Waals surface area contributed by atoms with Crippen molar-refractivity contribution < 1.29 is 22.4 Å². The summed E-state index contributed by atoms with van der Waals surface area (Å²) in [6.07, 6.45) is 0.858. The van der Waals surface area contributed by atoms with Gasteiger partial charge in [0, 0.05) is 31.1 Å². The minimum absolute atomic E-state index is 0.0607. The molecular weight excluding hydrogens is 467 g/mol. The molecule has 0 aromatic carbocycles. The van der Waals surface area contributed by atoms with Crippen LogP contribution in [0.2, 0.25) is 0 Å². The Balaban J connectivity index is 1.37. The van der Waals surface area contributed by atoms with Crippen LogP contribution in [0.15, 0.2) is 47.5 Å². The van der Waals surface area contributed by atoms with Crippen molar-refractivity contribution >= 4 is 11.4 Å². The van der Waals surface area contributed by atoms with Gasteiger partial charge in [-0.1, -0.05) is 6.07 Å². The summed E-state index contributed by atoms with van der Waals surface area (Å²) in [6.45, 7) is 2.28. The number of carbonyl (C=O) groups is 1. The van der Waals surface area contributed by atoms with E-state index in [1.807, 2.05) is 31.3 Å². The molecule has 11 nitrogen and oxygen atoms in total. The molecule has 14 heteroatoms. The highest BCUT2D eigenvalue weighted by Crippen LogP contribution is 2.35. The average Bonchev–Trinajstić information content (AvgIpc) is 3.62. The third-order valence-corrected chi connectivity index (χ3v) is 5.90. The van der Waals surface area contributed by atoms with E-state index in [0.717, 1.165) is 23.0 Å². The van der Waals surface area contributed by atoms with Gasteiger partial charge in [0.2, 0.25) is 0 Å². The molecule has 0 fully saturated rings. The van der Waals surface area contributed by atoms with E-state index in [9.17, 15) is 18.0 Å². The van der Waals surface area contributed by atoms with Crippen molar-refractivity contribution in [2.75, 3.05) is 6.54 Å². The van der Waals surface area contributed by atoms with E-state index in [-0.39, 0.29) is 22.0 Å². The standard InChI is InChI=1S/C21H16F3N9O2/c1-11-3-2-5-32-15(11)7-14(30-32)17-16-13(25-10-26-16)4-6-31(17)20(34)19-29-28-18(35-19)12-8-27-33(9-12)21(22,23)24/h2-3,5,7-10,17H,4,6H2,1H3,(H,25,26). The number of imidazole rings is 1. The quantitative estimate of drug-likeness (QED) is 0.419. The fraction of sp³-hybridized carbons (Fsp3) is 0.238. The lowest BCUT2D eigenvalue weighted by Gasteiger charge is -2.32. The lowest BCUT2D eigenvalue weighted by Crippen LogP contribution is -2.41. The molecule has 1 amide bonds. The van der Waals surface area contributed by atoms with Crippen LogP contribution >= 0.6 is 0 Å². The van der Waals surface area contributed by atoms with Crippen molar-refractivity contribution in [3.63, 3.8) is 0 Å². The summed E-state index contributed by atoms with van der Waals surface area (Å²) >= 11 is 0. The predicted molar refractivity (Wildman–Crippen MR) is 112 cm³/mol. The van der Waals surface area contributed by atoms with Crippen LogP contribution in [0, 0.1) is 6.92 Å². The Morgan fingerprint density at radius 3 is 2.91 bits per heavy atom. The van der Waals surface area contributed by atoms with E-state index in [4.69, 9.17) is 4.42 Å². The molecular formula is C21H16F3N9O2. The Morgan fingerprint density at radius 1 is 1.29 bits per heavy atom. The fourth-order valence-corrected chi connectivity index (χ4v) is 4.23. The van der Waals surface area contributed by atoms with E-state index in [1.165, 1.54) is 4.90 Å². The zero-order valence-electron chi connectivity index (χ0n) is 18.1. The highest BCUT2D eigenvalue weighted by Gasteiger charge is 2.38. The van der Waals surface area contributed by atoms with Gasteiger partial charge in [-0.15, -0.1) is 23.4 Å². The summed E-state index contributed by atoms with van der Waals surface area (Å²) in [6, 6.07) is 5.12. The van der Waals surface area contributed by atoms with Crippen LogP contribution in [0.3, 0.4) is 0 Å². The SMILES string of the molecule is Cc1cccn2nc(C3c4nc[nH]c4CCN3C(=O)c3nnc(-c4cnn(C(F)(F)F)c4)o3)cc12. The molecule has 0 saturated heterocycles. The first-order valence-corrected chi connectivity index (χ1v) is 10.5. The molecule has 1 N–H and O–H groups in total. The molecule has 0 bridgehead atoms. The van der Waals surface area contributed by atoms with Crippen LogP contribution in [-0.2, 0) is 12.7 Å². The number of hydrogen-bond donors (Lipinski definition) is 1. The van der Waals surface area contributed by atoms with Gasteiger partial charge in [0.05, 0.1) is 35.0 Å². The number of aromatic amines is 1. The molecule has 1 unspecified atom stereocenters. The van der Waals surface area contributed by atoms with Crippen LogP contribution < -0.4 is 0 Å². The molecule has 5 aromatic heterocycles. The second kappa shape index (κ2) is 7.51. The van der Waals surface area contributed by atoms with Gasteiger partial charge in [-0.25, -0.2) is 9.50 Å². The van der Waals surface area contributed by atoms with Crippen LogP contribution in [0.5, 0.6) is 0 Å². The van der Waals surface area contributed by atoms with Gasteiger partial charge in [-0.3, -0.25) is 4.79 Å². The monoisotopic (exact) mass is 483 g/mol. The molecule has 178 valence electrons. The van der Waals surface area contributed by atoms with E-state index in [0.29, 0.717) is 30.6 Å². The number of aromatic nitrogens is 8. The summed E-state index contributed by atoms with van der Waals surface area (Å²) in [4.78, 5) is 22.5. The second-order valence-corrected chi connectivity index (χ2v) is 8.06. The molecule has 1 aliphatic heterocycles. The lowest BCUT2D eigenvalue weighted by molar-refractivity contribution is -0.212. The van der Waals surface area contributed by atoms with Gasteiger partial charge >= 0.3 is 18.1 Å². The molecule has 0 spiro atoms. The first kappa shape index (κ1) is 21.1. The Bertz CT molecular complexity index is 1560. The average molecular weight is 483 g/mol. The maximum Gasteiger partial charge on any atom is 0.504 e. The lowest BCUT2D eigenvalue weighted by atomic mass is 9.99. The number of pyridine rings is 1. The number of fused-ring (bicyclic) bond motifs is 2. The number of alkyl halides is 3. The molecule has 0 saturated carbocycles. The molecule has 35 heavy (non-hydrogen) atoms. The summed E-state index contributed by atoms with van der Waals surface area (Å²) in [5.74, 6) is -1.19. The highest BCUT2D eigenvalue weighted by atomic mass is 19.4. The first-order chi connectivity index (χ1) is 16.8. The van der Waals surface area contributed by atoms with Gasteiger partial charge in [0.1, 0.15) is 6.04 Å². The number of carbonyl (C=O) groups excluding carboxylic acids is 1. The Labute approximate surface area is 194 Å². The van der Waals surface area contributed by atoms with Crippen molar-refractivity contribution in [2.45, 2.75) is 25.7 Å². The number of rotatable bonds is 3. The minimum atomic E-state index is -4.69. The van der Waals surface area contributed by atoms with Gasteiger partial charge < -0.3 is 14.3 Å². The molecule has 0 radical (unpaired) electrons. The number of H-pyrrole nitrogens is 1. The Hall–Kier alpha value is -4.49. The van der Waals surface area contributed by atoms with E-state index in [1.54, 1.807) is 10.8 Å². The van der Waals surface area contributed by atoms with Gasteiger partial charge in [0.15, 0.2) is 0 Å². The molecule has 6 heterocycles. The fourth-order valence-electron chi connectivity index (χ4n) is 4.23. The molecule has 0 aliphatic carbocycles. The Kier molecular flexibility index (Phi) is 4.52. The molecule has 1 atom stereocenters. The van der Waals surface area contributed by atoms with Crippen molar-refractivity contribution in [1.82, 2.24) is 44.5 Å². The number of amides is 1. The van der Waals surface area contributed by atoms with Crippen molar-refractivity contribution in [3.05, 3.63) is 71.7 Å². The van der Waals surface area contributed by atoms with Crippen molar-refractivity contribution in [3.8, 4) is 11.5 Å². The zero-order valence-corrected chi connectivity index (χ0v) is 18.1. The maximum absolute atomic E-state index is 13.5. The third kappa shape index (κ3) is 3.45. The largest absolute Gasteiger partial charge is 0.504 e. The highest BCUT2D eigenvalue weighted by molar-refractivity contribution is 5.90. The van der Waals surface area contributed by atoms with Crippen molar-refractivity contribution in [2.24, 2.45) is 0 Å². The Morgan fingerprint density at radius 2 is 2.14 bits per heavy atom. The summed E-state index contributed by atoms with van der Waals surface area (Å²) in [5.41, 5.74) is 3.99. The minimum Gasteiger partial charge on any atom is -0.412 e. The van der Waals surface area contributed by atoms with E-state index >= 15 is 0 Å². The third-order valence-electron chi connectivity index (χ3n) is 5.90. The van der Waals surface area contributed by atoms with E-state index < -0.39 is 18.2 Å². The van der Waals surface area contributed by atoms with Crippen molar-refractivity contribution in [1.29, 1.82) is 0 Å². The number of aryl methyl sites for hydroxylation is 1. The first-order valence-electron chi connectivity index (χ1n) is 10.5. The number of nitrogens with zero attached hydrogens (tertiary/aromatic N) is 8. The summed E-state index contributed by atoms with van der Waals surface area (Å²) in [5, 5.41) is 15.5. The van der Waals surface area contributed by atoms with Crippen LogP contribution in [0.25, 0.3) is 17.0 Å². The topological polar surface area (TPSA) is 123 Å².